The molecule has 0 bridgehead atoms. The monoisotopic (exact) mass is 195 g/mol. The van der Waals surface area contributed by atoms with Gasteiger partial charge in [-0.05, 0) is 24.3 Å². The smallest absolute Gasteiger partial charge is 0.0551 e. The summed E-state index contributed by atoms with van der Waals surface area (Å²) in [5.41, 5.74) is 8.19. The molecule has 1 saturated heterocycles. The first kappa shape index (κ1) is 9.68. The van der Waals surface area contributed by atoms with E-state index in [0.717, 1.165) is 31.7 Å². The van der Waals surface area contributed by atoms with Crippen molar-refractivity contribution in [2.24, 2.45) is 12.8 Å². The number of ether oxygens (including phenoxy) is 1. The third-order valence-corrected chi connectivity index (χ3v) is 2.95. The van der Waals surface area contributed by atoms with Gasteiger partial charge in [0.15, 0.2) is 0 Å². The average molecular weight is 195 g/mol. The van der Waals surface area contributed by atoms with E-state index in [4.69, 9.17) is 10.5 Å². The second-order valence-corrected chi connectivity index (χ2v) is 3.76. The Kier molecular flexibility index (Phi) is 2.84. The Labute approximate surface area is 84.0 Å². The molecular formula is C10H17N3O. The molecule has 1 aliphatic rings. The largest absolute Gasteiger partial charge is 0.381 e. The topological polar surface area (TPSA) is 53.1 Å². The molecule has 1 aromatic heterocycles. The number of nitrogens with zero attached hydrogens (tertiary/aromatic N) is 2. The van der Waals surface area contributed by atoms with Gasteiger partial charge < -0.3 is 10.5 Å². The first-order valence-electron chi connectivity index (χ1n) is 5.11. The van der Waals surface area contributed by atoms with E-state index in [1.54, 1.807) is 0 Å². The van der Waals surface area contributed by atoms with Crippen molar-refractivity contribution in [2.75, 3.05) is 13.2 Å². The molecule has 0 aliphatic carbocycles. The molecule has 0 aromatic carbocycles. The fourth-order valence-electron chi connectivity index (χ4n) is 2.08. The van der Waals surface area contributed by atoms with Gasteiger partial charge in [-0.2, -0.15) is 5.10 Å². The van der Waals surface area contributed by atoms with Crippen LogP contribution in [-0.4, -0.2) is 23.0 Å². The Bertz CT molecular complexity index is 302. The van der Waals surface area contributed by atoms with Crippen LogP contribution in [0.2, 0.25) is 0 Å². The summed E-state index contributed by atoms with van der Waals surface area (Å²) >= 11 is 0. The van der Waals surface area contributed by atoms with Crippen LogP contribution in [0.5, 0.6) is 0 Å². The Morgan fingerprint density at radius 2 is 2.29 bits per heavy atom. The summed E-state index contributed by atoms with van der Waals surface area (Å²) in [4.78, 5) is 0. The quantitative estimate of drug-likeness (QED) is 0.758. The van der Waals surface area contributed by atoms with Gasteiger partial charge in [-0.1, -0.05) is 0 Å². The Hall–Kier alpha value is -0.870. The summed E-state index contributed by atoms with van der Waals surface area (Å²) in [6.45, 7) is 2.30. The molecule has 0 unspecified atom stereocenters. The summed E-state index contributed by atoms with van der Waals surface area (Å²) < 4.78 is 7.22. The highest BCUT2D eigenvalue weighted by molar-refractivity contribution is 5.22. The molecule has 0 amide bonds. The van der Waals surface area contributed by atoms with Crippen molar-refractivity contribution in [1.29, 1.82) is 0 Å². The van der Waals surface area contributed by atoms with Crippen LogP contribution in [0, 0.1) is 0 Å². The Morgan fingerprint density at radius 1 is 1.57 bits per heavy atom. The summed E-state index contributed by atoms with van der Waals surface area (Å²) in [5.74, 6) is 0.594. The van der Waals surface area contributed by atoms with Crippen molar-refractivity contribution in [1.82, 2.24) is 9.78 Å². The molecule has 2 rings (SSSR count). The van der Waals surface area contributed by atoms with Crippen LogP contribution in [0.1, 0.15) is 30.0 Å². The highest BCUT2D eigenvalue weighted by Gasteiger charge is 2.20. The van der Waals surface area contributed by atoms with E-state index in [2.05, 4.69) is 5.10 Å². The molecule has 14 heavy (non-hydrogen) atoms. The molecule has 0 spiro atoms. The maximum absolute atomic E-state index is 5.71. The molecule has 0 radical (unpaired) electrons. The number of hydrogen-bond acceptors (Lipinski definition) is 3. The van der Waals surface area contributed by atoms with Gasteiger partial charge in [-0.15, -0.1) is 0 Å². The summed E-state index contributed by atoms with van der Waals surface area (Å²) in [6.07, 6.45) is 4.15. The number of aromatic nitrogens is 2. The van der Waals surface area contributed by atoms with Crippen LogP contribution in [-0.2, 0) is 18.3 Å². The zero-order valence-corrected chi connectivity index (χ0v) is 8.57. The van der Waals surface area contributed by atoms with Gasteiger partial charge in [0.25, 0.3) is 0 Å². The first-order valence-corrected chi connectivity index (χ1v) is 5.11. The van der Waals surface area contributed by atoms with Crippen LogP contribution >= 0.6 is 0 Å². The van der Waals surface area contributed by atoms with Gasteiger partial charge in [0.05, 0.1) is 11.9 Å². The summed E-state index contributed by atoms with van der Waals surface area (Å²) in [6, 6.07) is 0. The van der Waals surface area contributed by atoms with Crippen molar-refractivity contribution in [2.45, 2.75) is 25.3 Å². The minimum Gasteiger partial charge on any atom is -0.381 e. The molecule has 1 fully saturated rings. The minimum atomic E-state index is 0.573. The van der Waals surface area contributed by atoms with Crippen molar-refractivity contribution >= 4 is 0 Å². The van der Waals surface area contributed by atoms with Crippen LogP contribution < -0.4 is 5.73 Å². The predicted molar refractivity (Wildman–Crippen MR) is 53.9 cm³/mol. The van der Waals surface area contributed by atoms with E-state index < -0.39 is 0 Å². The van der Waals surface area contributed by atoms with Gasteiger partial charge in [0, 0.05) is 26.8 Å². The minimum absolute atomic E-state index is 0.573. The molecule has 4 nitrogen and oxygen atoms in total. The van der Waals surface area contributed by atoms with Crippen molar-refractivity contribution in [3.8, 4) is 0 Å². The van der Waals surface area contributed by atoms with E-state index in [9.17, 15) is 0 Å². The number of rotatable bonds is 2. The lowest BCUT2D eigenvalue weighted by molar-refractivity contribution is 0.0851. The Morgan fingerprint density at radius 3 is 2.93 bits per heavy atom. The molecule has 2 N–H and O–H groups in total. The molecule has 0 atom stereocenters. The lowest BCUT2D eigenvalue weighted by Crippen LogP contribution is -2.16. The third-order valence-electron chi connectivity index (χ3n) is 2.95. The van der Waals surface area contributed by atoms with Crippen molar-refractivity contribution in [3.63, 3.8) is 0 Å². The second kappa shape index (κ2) is 4.11. The van der Waals surface area contributed by atoms with Gasteiger partial charge in [0.2, 0.25) is 0 Å². The summed E-state index contributed by atoms with van der Waals surface area (Å²) in [5, 5.41) is 4.26. The fraction of sp³-hybridized carbons (Fsp3) is 0.700. The van der Waals surface area contributed by atoms with Crippen molar-refractivity contribution < 1.29 is 4.74 Å². The highest BCUT2D eigenvalue weighted by atomic mass is 16.5. The molecule has 2 heterocycles. The predicted octanol–water partition coefficient (Wildman–Crippen LogP) is 0.773. The highest BCUT2D eigenvalue weighted by Crippen LogP contribution is 2.28. The maximum atomic E-state index is 5.71. The molecule has 78 valence electrons. The van der Waals surface area contributed by atoms with E-state index in [1.807, 2.05) is 17.9 Å². The van der Waals surface area contributed by atoms with Crippen LogP contribution in [0.3, 0.4) is 0 Å². The van der Waals surface area contributed by atoms with Crippen LogP contribution in [0.4, 0.5) is 0 Å². The number of hydrogen-bond donors (Lipinski definition) is 1. The van der Waals surface area contributed by atoms with E-state index >= 15 is 0 Å². The zero-order chi connectivity index (χ0) is 9.97. The second-order valence-electron chi connectivity index (χ2n) is 3.76. The number of nitrogens with two attached hydrogens (primary N) is 1. The van der Waals surface area contributed by atoms with Crippen LogP contribution in [0.15, 0.2) is 6.20 Å². The van der Waals surface area contributed by atoms with Crippen molar-refractivity contribution in [3.05, 3.63) is 17.5 Å². The molecule has 0 saturated carbocycles. The average Bonchev–Trinajstić information content (AvgIpc) is 2.61. The first-order chi connectivity index (χ1) is 6.83. The molecular weight excluding hydrogens is 178 g/mol. The number of aryl methyl sites for hydroxylation is 1. The summed E-state index contributed by atoms with van der Waals surface area (Å²) in [7, 11) is 1.95. The third kappa shape index (κ3) is 1.67. The Balaban J connectivity index is 2.21. The van der Waals surface area contributed by atoms with E-state index in [-0.39, 0.29) is 0 Å². The lowest BCUT2D eigenvalue weighted by Gasteiger charge is -2.22. The maximum Gasteiger partial charge on any atom is 0.0551 e. The standard InChI is InChI=1S/C10H17N3O/c1-13-10(6-11)9(7-12-13)8-2-4-14-5-3-8/h7-8H,2-6,11H2,1H3. The van der Waals surface area contributed by atoms with Gasteiger partial charge in [0.1, 0.15) is 0 Å². The van der Waals surface area contributed by atoms with E-state index in [1.165, 1.54) is 5.56 Å². The van der Waals surface area contributed by atoms with Gasteiger partial charge in [-0.3, -0.25) is 4.68 Å². The zero-order valence-electron chi connectivity index (χ0n) is 8.57. The van der Waals surface area contributed by atoms with Crippen LogP contribution in [0.25, 0.3) is 0 Å². The lowest BCUT2D eigenvalue weighted by atomic mass is 9.92. The fourth-order valence-corrected chi connectivity index (χ4v) is 2.08. The van der Waals surface area contributed by atoms with E-state index in [0.29, 0.717) is 12.5 Å². The molecule has 1 aromatic rings. The SMILES string of the molecule is Cn1ncc(C2CCOCC2)c1CN. The molecule has 4 heteroatoms. The normalized spacial score (nSPS) is 18.7. The van der Waals surface area contributed by atoms with Gasteiger partial charge >= 0.3 is 0 Å². The molecule has 1 aliphatic heterocycles. The van der Waals surface area contributed by atoms with Gasteiger partial charge in [-0.25, -0.2) is 0 Å².